The van der Waals surface area contributed by atoms with E-state index < -0.39 is 0 Å². The van der Waals surface area contributed by atoms with E-state index in [4.69, 9.17) is 5.73 Å². The summed E-state index contributed by atoms with van der Waals surface area (Å²) >= 11 is 1.99. The second kappa shape index (κ2) is 2.35. The van der Waals surface area contributed by atoms with E-state index in [1.54, 1.807) is 0 Å². The first-order valence-corrected chi connectivity index (χ1v) is 4.68. The van der Waals surface area contributed by atoms with Gasteiger partial charge in [-0.15, -0.1) is 0 Å². The molecule has 0 amide bonds. The fourth-order valence-electron chi connectivity index (χ4n) is 1.55. The summed E-state index contributed by atoms with van der Waals surface area (Å²) in [5.41, 5.74) is 6.87. The third kappa shape index (κ3) is 0.870. The Hall–Kier alpha value is -0.370. The molecule has 1 fully saturated rings. The molecule has 1 heterocycles. The Balaban J connectivity index is 2.24. The van der Waals surface area contributed by atoms with Crippen molar-refractivity contribution in [2.75, 3.05) is 5.75 Å². The van der Waals surface area contributed by atoms with E-state index in [1.807, 2.05) is 17.8 Å². The molecule has 0 aromatic heterocycles. The molecule has 2 unspecified atom stereocenters. The van der Waals surface area contributed by atoms with Gasteiger partial charge in [0.25, 0.3) is 0 Å². The predicted octanol–water partition coefficient (Wildman–Crippen LogP) is 1.52. The topological polar surface area (TPSA) is 26.0 Å². The molecule has 10 heavy (non-hydrogen) atoms. The Morgan fingerprint density at radius 3 is 3.30 bits per heavy atom. The van der Waals surface area contributed by atoms with Crippen LogP contribution in [0.2, 0.25) is 0 Å². The maximum Gasteiger partial charge on any atom is 0.0505 e. The van der Waals surface area contributed by atoms with Crippen molar-refractivity contribution in [2.24, 2.45) is 11.7 Å². The summed E-state index contributed by atoms with van der Waals surface area (Å²) in [6.07, 6.45) is 7.70. The maximum atomic E-state index is 5.81. The smallest absolute Gasteiger partial charge is 0.0505 e. The second-order valence-electron chi connectivity index (χ2n) is 2.80. The third-order valence-electron chi connectivity index (χ3n) is 2.11. The van der Waals surface area contributed by atoms with Gasteiger partial charge < -0.3 is 5.73 Å². The van der Waals surface area contributed by atoms with Gasteiger partial charge in [0.2, 0.25) is 0 Å². The first-order chi connectivity index (χ1) is 4.88. The molecule has 0 radical (unpaired) electrons. The van der Waals surface area contributed by atoms with Gasteiger partial charge in [-0.25, -0.2) is 0 Å². The summed E-state index contributed by atoms with van der Waals surface area (Å²) in [5.74, 6) is 2.00. The lowest BCUT2D eigenvalue weighted by Crippen LogP contribution is -2.20. The molecule has 2 rings (SSSR count). The van der Waals surface area contributed by atoms with Gasteiger partial charge >= 0.3 is 0 Å². The number of allylic oxidation sites excluding steroid dienone is 3. The Kier molecular flexibility index (Phi) is 1.49. The first-order valence-electron chi connectivity index (χ1n) is 3.63. The van der Waals surface area contributed by atoms with Gasteiger partial charge in [0.15, 0.2) is 0 Å². The van der Waals surface area contributed by atoms with Crippen LogP contribution in [0.3, 0.4) is 0 Å². The molecule has 2 aliphatic rings. The highest BCUT2D eigenvalue weighted by molar-refractivity contribution is 8.00. The van der Waals surface area contributed by atoms with Gasteiger partial charge in [-0.2, -0.15) is 11.8 Å². The summed E-state index contributed by atoms with van der Waals surface area (Å²) in [4.78, 5) is 0. The van der Waals surface area contributed by atoms with E-state index in [-0.39, 0.29) is 0 Å². The molecule has 1 nitrogen and oxygen atoms in total. The van der Waals surface area contributed by atoms with Crippen molar-refractivity contribution < 1.29 is 0 Å². The molecular formula is C8H11NS. The third-order valence-corrected chi connectivity index (χ3v) is 3.57. The summed E-state index contributed by atoms with van der Waals surface area (Å²) in [7, 11) is 0. The highest BCUT2D eigenvalue weighted by Crippen LogP contribution is 2.37. The van der Waals surface area contributed by atoms with E-state index in [9.17, 15) is 0 Å². The number of hydrogen-bond donors (Lipinski definition) is 1. The molecule has 1 saturated heterocycles. The van der Waals surface area contributed by atoms with E-state index in [1.165, 1.54) is 12.2 Å². The van der Waals surface area contributed by atoms with Crippen molar-refractivity contribution in [1.29, 1.82) is 0 Å². The van der Waals surface area contributed by atoms with Crippen molar-refractivity contribution in [3.8, 4) is 0 Å². The van der Waals surface area contributed by atoms with Crippen LogP contribution >= 0.6 is 11.8 Å². The first kappa shape index (κ1) is 6.35. The fourth-order valence-corrected chi connectivity index (χ4v) is 2.96. The van der Waals surface area contributed by atoms with E-state index in [0.29, 0.717) is 5.25 Å². The lowest BCUT2D eigenvalue weighted by atomic mass is 9.96. The van der Waals surface area contributed by atoms with E-state index >= 15 is 0 Å². The lowest BCUT2D eigenvalue weighted by molar-refractivity contribution is 0.660. The van der Waals surface area contributed by atoms with Crippen LogP contribution in [-0.2, 0) is 0 Å². The van der Waals surface area contributed by atoms with Crippen LogP contribution in [0.15, 0.2) is 23.9 Å². The summed E-state index contributed by atoms with van der Waals surface area (Å²) in [6.45, 7) is 0. The summed E-state index contributed by atoms with van der Waals surface area (Å²) in [6, 6.07) is 0. The summed E-state index contributed by atoms with van der Waals surface area (Å²) in [5, 5.41) is 0.602. The quantitative estimate of drug-likeness (QED) is 0.571. The van der Waals surface area contributed by atoms with Gasteiger partial charge in [0.05, 0.1) is 5.25 Å². The molecule has 1 aliphatic heterocycles. The van der Waals surface area contributed by atoms with E-state index in [2.05, 4.69) is 12.2 Å². The highest BCUT2D eigenvalue weighted by Gasteiger charge is 2.28. The zero-order valence-corrected chi connectivity index (χ0v) is 6.60. The minimum absolute atomic E-state index is 0.602. The molecule has 0 aromatic rings. The Morgan fingerprint density at radius 1 is 1.60 bits per heavy atom. The molecule has 1 aliphatic carbocycles. The van der Waals surface area contributed by atoms with Gasteiger partial charge in [-0.05, 0) is 24.2 Å². The van der Waals surface area contributed by atoms with Crippen molar-refractivity contribution >= 4 is 11.8 Å². The minimum Gasteiger partial charge on any atom is -0.401 e. The van der Waals surface area contributed by atoms with Crippen molar-refractivity contribution in [1.82, 2.24) is 0 Å². The van der Waals surface area contributed by atoms with E-state index in [0.717, 1.165) is 11.6 Å². The van der Waals surface area contributed by atoms with Crippen LogP contribution in [0.4, 0.5) is 0 Å². The SMILES string of the molecule is NC1=CC=CC2CCSC12. The number of thioether (sulfide) groups is 1. The highest BCUT2D eigenvalue weighted by atomic mass is 32.2. The minimum atomic E-state index is 0.602. The van der Waals surface area contributed by atoms with Gasteiger partial charge in [-0.1, -0.05) is 12.2 Å². The number of nitrogens with two attached hydrogens (primary N) is 1. The second-order valence-corrected chi connectivity index (χ2v) is 4.04. The molecule has 2 N–H and O–H groups in total. The monoisotopic (exact) mass is 153 g/mol. The maximum absolute atomic E-state index is 5.81. The number of hydrogen-bond acceptors (Lipinski definition) is 2. The van der Waals surface area contributed by atoms with Gasteiger partial charge in [0.1, 0.15) is 0 Å². The molecule has 54 valence electrons. The molecule has 0 aromatic carbocycles. The molecule has 2 heteroatoms. The molecule has 0 spiro atoms. The molecule has 2 atom stereocenters. The molecule has 0 bridgehead atoms. The largest absolute Gasteiger partial charge is 0.401 e. The average Bonchev–Trinajstić information content (AvgIpc) is 2.36. The standard InChI is InChI=1S/C8H11NS/c9-7-3-1-2-6-4-5-10-8(6)7/h1-3,6,8H,4-5,9H2. The van der Waals surface area contributed by atoms with Crippen LogP contribution in [0, 0.1) is 5.92 Å². The molecular weight excluding hydrogens is 142 g/mol. The van der Waals surface area contributed by atoms with Gasteiger partial charge in [0, 0.05) is 5.70 Å². The van der Waals surface area contributed by atoms with Crippen LogP contribution in [0.1, 0.15) is 6.42 Å². The number of rotatable bonds is 0. The Morgan fingerprint density at radius 2 is 2.50 bits per heavy atom. The number of fused-ring (bicyclic) bond motifs is 1. The Labute approximate surface area is 65.4 Å². The zero-order chi connectivity index (χ0) is 6.97. The molecule has 0 saturated carbocycles. The predicted molar refractivity (Wildman–Crippen MR) is 45.8 cm³/mol. The van der Waals surface area contributed by atoms with Crippen molar-refractivity contribution in [2.45, 2.75) is 11.7 Å². The fraction of sp³-hybridized carbons (Fsp3) is 0.500. The average molecular weight is 153 g/mol. The van der Waals surface area contributed by atoms with Crippen LogP contribution in [-0.4, -0.2) is 11.0 Å². The van der Waals surface area contributed by atoms with Crippen LogP contribution < -0.4 is 5.73 Å². The van der Waals surface area contributed by atoms with Crippen LogP contribution in [0.5, 0.6) is 0 Å². The summed E-state index contributed by atoms with van der Waals surface area (Å²) < 4.78 is 0. The Bertz CT molecular complexity index is 195. The lowest BCUT2D eigenvalue weighted by Gasteiger charge is -2.18. The van der Waals surface area contributed by atoms with Crippen molar-refractivity contribution in [3.63, 3.8) is 0 Å². The van der Waals surface area contributed by atoms with Crippen molar-refractivity contribution in [3.05, 3.63) is 23.9 Å². The normalized spacial score (nSPS) is 37.4. The van der Waals surface area contributed by atoms with Crippen LogP contribution in [0.25, 0.3) is 0 Å². The zero-order valence-electron chi connectivity index (χ0n) is 5.79. The van der Waals surface area contributed by atoms with Gasteiger partial charge in [-0.3, -0.25) is 0 Å².